The van der Waals surface area contributed by atoms with Crippen LogP contribution in [0.4, 0.5) is 0 Å². The average Bonchev–Trinajstić information content (AvgIpc) is 3.24. The molecule has 1 N–H and O–H groups in total. The van der Waals surface area contributed by atoms with Crippen molar-refractivity contribution in [2.45, 2.75) is 33.2 Å². The summed E-state index contributed by atoms with van der Waals surface area (Å²) in [6.07, 6.45) is 0.662. The number of benzene rings is 1. The van der Waals surface area contributed by atoms with Gasteiger partial charge in [-0.1, -0.05) is 30.6 Å². The SMILES string of the molecule is Cc1nnc(C(CC(C)C)NC(=O)c2cc(-c3ccc(Cl)cc3)on2)o1. The molecule has 8 heteroatoms. The van der Waals surface area contributed by atoms with E-state index >= 15 is 0 Å². The van der Waals surface area contributed by atoms with Crippen molar-refractivity contribution in [1.29, 1.82) is 0 Å². The highest BCUT2D eigenvalue weighted by Gasteiger charge is 2.24. The topological polar surface area (TPSA) is 94.1 Å². The Bertz CT molecular complexity index is 886. The van der Waals surface area contributed by atoms with Crippen molar-refractivity contribution in [2.75, 3.05) is 0 Å². The maximum absolute atomic E-state index is 12.6. The van der Waals surface area contributed by atoms with Crippen LogP contribution in [0.15, 0.2) is 39.3 Å². The summed E-state index contributed by atoms with van der Waals surface area (Å²) < 4.78 is 10.8. The van der Waals surface area contributed by atoms with Crippen LogP contribution in [0.2, 0.25) is 5.02 Å². The number of hydrogen-bond donors (Lipinski definition) is 1. The predicted octanol–water partition coefficient (Wildman–Crippen LogP) is 4.20. The molecule has 0 saturated heterocycles. The summed E-state index contributed by atoms with van der Waals surface area (Å²) in [6.45, 7) is 5.81. The lowest BCUT2D eigenvalue weighted by atomic mass is 10.0. The van der Waals surface area contributed by atoms with E-state index in [4.69, 9.17) is 20.5 Å². The molecule has 0 aliphatic carbocycles. The Balaban J connectivity index is 1.76. The first kappa shape index (κ1) is 18.1. The molecule has 0 aliphatic rings. The van der Waals surface area contributed by atoms with E-state index < -0.39 is 0 Å². The van der Waals surface area contributed by atoms with Crippen LogP contribution in [0.5, 0.6) is 0 Å². The largest absolute Gasteiger partial charge is 0.423 e. The fourth-order valence-corrected chi connectivity index (χ4v) is 2.64. The first-order valence-electron chi connectivity index (χ1n) is 8.26. The van der Waals surface area contributed by atoms with Gasteiger partial charge in [-0.2, -0.15) is 0 Å². The summed E-state index contributed by atoms with van der Waals surface area (Å²) in [5, 5.41) is 15.2. The number of carbonyl (C=O) groups is 1. The zero-order valence-corrected chi connectivity index (χ0v) is 15.4. The molecule has 2 aromatic heterocycles. The van der Waals surface area contributed by atoms with Gasteiger partial charge in [0.1, 0.15) is 6.04 Å². The standard InChI is InChI=1S/C18H19ClN4O3/c1-10(2)8-15(18-22-21-11(3)25-18)20-17(24)14-9-16(26-23-14)12-4-6-13(19)7-5-12/h4-7,9-10,15H,8H2,1-3H3,(H,20,24). The van der Waals surface area contributed by atoms with Crippen molar-refractivity contribution in [3.8, 4) is 11.3 Å². The molecule has 26 heavy (non-hydrogen) atoms. The van der Waals surface area contributed by atoms with Crippen molar-refractivity contribution in [3.05, 3.63) is 52.8 Å². The average molecular weight is 375 g/mol. The second-order valence-electron chi connectivity index (χ2n) is 6.40. The molecule has 0 saturated carbocycles. The van der Waals surface area contributed by atoms with Crippen molar-refractivity contribution >= 4 is 17.5 Å². The molecule has 1 amide bonds. The number of nitrogens with zero attached hydrogens (tertiary/aromatic N) is 3. The van der Waals surface area contributed by atoms with E-state index in [-0.39, 0.29) is 17.6 Å². The van der Waals surface area contributed by atoms with Gasteiger partial charge < -0.3 is 14.3 Å². The van der Waals surface area contributed by atoms with Crippen molar-refractivity contribution in [2.24, 2.45) is 5.92 Å². The summed E-state index contributed by atoms with van der Waals surface area (Å²) in [5.41, 5.74) is 0.965. The molecule has 0 aliphatic heterocycles. The lowest BCUT2D eigenvalue weighted by molar-refractivity contribution is 0.0915. The number of aromatic nitrogens is 3. The second kappa shape index (κ2) is 7.70. The molecule has 136 valence electrons. The van der Waals surface area contributed by atoms with Crippen LogP contribution in [0.3, 0.4) is 0 Å². The Labute approximate surface area is 155 Å². The van der Waals surface area contributed by atoms with Gasteiger partial charge in [0.05, 0.1) is 0 Å². The first-order chi connectivity index (χ1) is 12.4. The molecule has 3 rings (SSSR count). The van der Waals surface area contributed by atoms with E-state index in [1.54, 1.807) is 37.3 Å². The molecule has 1 aromatic carbocycles. The highest BCUT2D eigenvalue weighted by molar-refractivity contribution is 6.30. The predicted molar refractivity (Wildman–Crippen MR) is 95.6 cm³/mol. The Morgan fingerprint density at radius 3 is 2.58 bits per heavy atom. The minimum absolute atomic E-state index is 0.181. The lowest BCUT2D eigenvalue weighted by Gasteiger charge is -2.16. The number of aryl methyl sites for hydroxylation is 1. The van der Waals surface area contributed by atoms with Gasteiger partial charge in [-0.15, -0.1) is 10.2 Å². The molecule has 1 unspecified atom stereocenters. The van der Waals surface area contributed by atoms with Crippen molar-refractivity contribution in [1.82, 2.24) is 20.7 Å². The van der Waals surface area contributed by atoms with Gasteiger partial charge >= 0.3 is 0 Å². The molecular formula is C18H19ClN4O3. The monoisotopic (exact) mass is 374 g/mol. The maximum atomic E-state index is 12.6. The van der Waals surface area contributed by atoms with Crippen LogP contribution in [-0.4, -0.2) is 21.3 Å². The molecular weight excluding hydrogens is 356 g/mol. The van der Waals surface area contributed by atoms with Crippen LogP contribution in [0, 0.1) is 12.8 Å². The highest BCUT2D eigenvalue weighted by Crippen LogP contribution is 2.24. The van der Waals surface area contributed by atoms with Gasteiger partial charge in [-0.3, -0.25) is 4.79 Å². The van der Waals surface area contributed by atoms with Crippen molar-refractivity contribution < 1.29 is 13.7 Å². The minimum Gasteiger partial charge on any atom is -0.423 e. The van der Waals surface area contributed by atoms with E-state index in [0.717, 1.165) is 5.56 Å². The fraction of sp³-hybridized carbons (Fsp3) is 0.333. The second-order valence-corrected chi connectivity index (χ2v) is 6.83. The third-order valence-electron chi connectivity index (χ3n) is 3.72. The van der Waals surface area contributed by atoms with Crippen LogP contribution in [-0.2, 0) is 0 Å². The van der Waals surface area contributed by atoms with Crippen LogP contribution in [0.1, 0.15) is 48.6 Å². The molecule has 0 fully saturated rings. The Hall–Kier alpha value is -2.67. The number of hydrogen-bond acceptors (Lipinski definition) is 6. The van der Waals surface area contributed by atoms with E-state index in [9.17, 15) is 4.79 Å². The van der Waals surface area contributed by atoms with E-state index in [1.165, 1.54) is 0 Å². The Kier molecular flexibility index (Phi) is 5.37. The van der Waals surface area contributed by atoms with E-state index in [0.29, 0.717) is 34.9 Å². The van der Waals surface area contributed by atoms with Gasteiger partial charge in [0.2, 0.25) is 11.8 Å². The summed E-state index contributed by atoms with van der Waals surface area (Å²) >= 11 is 5.88. The van der Waals surface area contributed by atoms with Gasteiger partial charge in [0.15, 0.2) is 11.5 Å². The smallest absolute Gasteiger partial charge is 0.274 e. The van der Waals surface area contributed by atoms with E-state index in [1.807, 2.05) is 0 Å². The maximum Gasteiger partial charge on any atom is 0.274 e. The van der Waals surface area contributed by atoms with Crippen molar-refractivity contribution in [3.63, 3.8) is 0 Å². The first-order valence-corrected chi connectivity index (χ1v) is 8.63. The zero-order chi connectivity index (χ0) is 18.7. The molecule has 0 radical (unpaired) electrons. The van der Waals surface area contributed by atoms with Gasteiger partial charge in [-0.05, 0) is 36.6 Å². The quantitative estimate of drug-likeness (QED) is 0.694. The normalized spacial score (nSPS) is 12.3. The lowest BCUT2D eigenvalue weighted by Crippen LogP contribution is -2.30. The molecule has 7 nitrogen and oxygen atoms in total. The number of nitrogens with one attached hydrogen (secondary N) is 1. The summed E-state index contributed by atoms with van der Waals surface area (Å²) in [7, 11) is 0. The third-order valence-corrected chi connectivity index (χ3v) is 3.98. The Morgan fingerprint density at radius 2 is 1.96 bits per heavy atom. The molecule has 3 aromatic rings. The fourth-order valence-electron chi connectivity index (χ4n) is 2.51. The summed E-state index contributed by atoms with van der Waals surface area (Å²) in [4.78, 5) is 12.6. The minimum atomic E-state index is -0.389. The molecule has 0 spiro atoms. The van der Waals surface area contributed by atoms with Crippen LogP contribution >= 0.6 is 11.6 Å². The van der Waals surface area contributed by atoms with Gasteiger partial charge in [0.25, 0.3) is 5.91 Å². The number of amides is 1. The van der Waals surface area contributed by atoms with E-state index in [2.05, 4.69) is 34.5 Å². The highest BCUT2D eigenvalue weighted by atomic mass is 35.5. The van der Waals surface area contributed by atoms with Crippen LogP contribution in [0.25, 0.3) is 11.3 Å². The number of rotatable bonds is 6. The van der Waals surface area contributed by atoms with Crippen LogP contribution < -0.4 is 5.32 Å². The molecule has 1 atom stereocenters. The number of halogens is 1. The van der Waals surface area contributed by atoms with Gasteiger partial charge in [0, 0.05) is 23.6 Å². The molecule has 0 bridgehead atoms. The third kappa shape index (κ3) is 4.29. The van der Waals surface area contributed by atoms with Gasteiger partial charge in [-0.25, -0.2) is 0 Å². The Morgan fingerprint density at radius 1 is 1.23 bits per heavy atom. The molecule has 2 heterocycles. The summed E-state index contributed by atoms with van der Waals surface area (Å²) in [5.74, 6) is 1.28. The zero-order valence-electron chi connectivity index (χ0n) is 14.7. The number of carbonyl (C=O) groups excluding carboxylic acids is 1. The summed E-state index contributed by atoms with van der Waals surface area (Å²) in [6, 6.07) is 8.29.